The van der Waals surface area contributed by atoms with Gasteiger partial charge in [-0.3, -0.25) is 4.79 Å². The highest BCUT2D eigenvalue weighted by molar-refractivity contribution is 7.90. The Kier molecular flexibility index (Phi) is 9.06. The number of nitrogens with zero attached hydrogens (tertiary/aromatic N) is 3. The largest absolute Gasteiger partial charge is 0.493 e. The maximum absolute atomic E-state index is 12.1. The number of aromatic nitrogens is 2. The molecule has 0 spiro atoms. The first-order chi connectivity index (χ1) is 14.6. The Labute approximate surface area is 189 Å². The normalized spacial score (nSPS) is 11.4. The number of halogens is 1. The summed E-state index contributed by atoms with van der Waals surface area (Å²) < 4.78 is 31.5. The molecule has 1 N–H and O–H groups in total. The third-order valence-electron chi connectivity index (χ3n) is 4.27. The lowest BCUT2D eigenvalue weighted by Crippen LogP contribution is -2.33. The molecule has 2 aromatic rings. The van der Waals surface area contributed by atoms with Crippen molar-refractivity contribution in [3.63, 3.8) is 0 Å². The Morgan fingerprint density at radius 2 is 1.94 bits per heavy atom. The molecule has 2 rings (SSSR count). The molecule has 0 aliphatic rings. The summed E-state index contributed by atoms with van der Waals surface area (Å²) >= 11 is 6.19. The van der Waals surface area contributed by atoms with Crippen LogP contribution in [0.5, 0.6) is 5.75 Å². The van der Waals surface area contributed by atoms with Crippen LogP contribution in [-0.2, 0) is 16.6 Å². The molecule has 0 saturated carbocycles. The van der Waals surface area contributed by atoms with Crippen LogP contribution in [0.15, 0.2) is 30.3 Å². The minimum absolute atomic E-state index is 0.0665. The topological polar surface area (TPSA) is 101 Å². The molecule has 0 atom stereocenters. The summed E-state index contributed by atoms with van der Waals surface area (Å²) in [5.74, 6) is 0.757. The highest BCUT2D eigenvalue weighted by Crippen LogP contribution is 2.26. The van der Waals surface area contributed by atoms with Gasteiger partial charge in [0.05, 0.1) is 12.4 Å². The van der Waals surface area contributed by atoms with Gasteiger partial charge in [-0.05, 0) is 49.6 Å². The summed E-state index contributed by atoms with van der Waals surface area (Å²) in [6, 6.07) is 8.58. The minimum Gasteiger partial charge on any atom is -0.493 e. The first-order valence-corrected chi connectivity index (χ1v) is 12.2. The third kappa shape index (κ3) is 7.66. The summed E-state index contributed by atoms with van der Waals surface area (Å²) in [5, 5.41) is 8.63. The molecule has 10 heteroatoms. The summed E-state index contributed by atoms with van der Waals surface area (Å²) in [5.41, 5.74) is 0.840. The molecule has 8 nitrogen and oxygen atoms in total. The Hall–Kier alpha value is -2.39. The second-order valence-electron chi connectivity index (χ2n) is 7.50. The average molecular weight is 469 g/mol. The summed E-state index contributed by atoms with van der Waals surface area (Å²) in [6.07, 6.45) is 0.408. The van der Waals surface area contributed by atoms with Gasteiger partial charge in [0, 0.05) is 23.7 Å². The van der Waals surface area contributed by atoms with Gasteiger partial charge in [0.15, 0.2) is 11.5 Å². The fourth-order valence-electron chi connectivity index (χ4n) is 2.76. The molecule has 31 heavy (non-hydrogen) atoms. The molecule has 0 aliphatic carbocycles. The number of amides is 1. The Morgan fingerprint density at radius 3 is 2.52 bits per heavy atom. The predicted octanol–water partition coefficient (Wildman–Crippen LogP) is 3.66. The molecular weight excluding hydrogens is 440 g/mol. The minimum atomic E-state index is -3.68. The number of rotatable bonds is 11. The zero-order valence-electron chi connectivity index (χ0n) is 18.3. The van der Waals surface area contributed by atoms with E-state index in [2.05, 4.69) is 24.0 Å². The summed E-state index contributed by atoms with van der Waals surface area (Å²) in [4.78, 5) is 14.1. The molecule has 0 radical (unpaired) electrons. The van der Waals surface area contributed by atoms with Crippen LogP contribution in [0.1, 0.15) is 50.2 Å². The SMILES string of the molecule is CCCS(=O)(=O)NC(=O)c1ccc(N(CC)Cc2cc(Cl)ccc2OCC(C)C)nn1. The molecule has 1 aromatic carbocycles. The van der Waals surface area contributed by atoms with Crippen molar-refractivity contribution in [2.24, 2.45) is 5.92 Å². The smallest absolute Gasteiger partial charge is 0.285 e. The van der Waals surface area contributed by atoms with Crippen LogP contribution in [-0.4, -0.2) is 43.4 Å². The standard InChI is InChI=1S/C21H29ClN4O4S/c1-5-11-31(28,29)25-21(27)18-8-10-20(24-23-18)26(6-2)13-16-12-17(22)7-9-19(16)30-14-15(3)4/h7-10,12,15H,5-6,11,13-14H2,1-4H3,(H,25,27). The van der Waals surface area contributed by atoms with Gasteiger partial charge in [-0.15, -0.1) is 10.2 Å². The fourth-order valence-corrected chi connectivity index (χ4v) is 3.98. The van der Waals surface area contributed by atoms with Gasteiger partial charge in [0.2, 0.25) is 10.0 Å². The summed E-state index contributed by atoms with van der Waals surface area (Å²) in [7, 11) is -3.68. The molecule has 170 valence electrons. The maximum atomic E-state index is 12.1. The predicted molar refractivity (Wildman–Crippen MR) is 122 cm³/mol. The lowest BCUT2D eigenvalue weighted by Gasteiger charge is -2.23. The molecule has 1 amide bonds. The van der Waals surface area contributed by atoms with Gasteiger partial charge in [0.1, 0.15) is 5.75 Å². The van der Waals surface area contributed by atoms with Crippen molar-refractivity contribution < 1.29 is 17.9 Å². The molecule has 0 unspecified atom stereocenters. The van der Waals surface area contributed by atoms with Gasteiger partial charge in [-0.1, -0.05) is 32.4 Å². The van der Waals surface area contributed by atoms with Crippen molar-refractivity contribution in [2.45, 2.75) is 40.7 Å². The third-order valence-corrected chi connectivity index (χ3v) is 5.94. The van der Waals surface area contributed by atoms with Crippen LogP contribution in [0.4, 0.5) is 5.82 Å². The van der Waals surface area contributed by atoms with E-state index in [0.29, 0.717) is 42.9 Å². The molecule has 0 saturated heterocycles. The van der Waals surface area contributed by atoms with Gasteiger partial charge in [0.25, 0.3) is 5.91 Å². The van der Waals surface area contributed by atoms with E-state index >= 15 is 0 Å². The number of carbonyl (C=O) groups excluding carboxylic acids is 1. The fraction of sp³-hybridized carbons (Fsp3) is 0.476. The van der Waals surface area contributed by atoms with Crippen LogP contribution in [0, 0.1) is 5.92 Å². The molecule has 0 bridgehead atoms. The van der Waals surface area contributed by atoms with Crippen molar-refractivity contribution in [3.8, 4) is 5.75 Å². The molecule has 0 fully saturated rings. The van der Waals surface area contributed by atoms with E-state index in [1.165, 1.54) is 6.07 Å². The van der Waals surface area contributed by atoms with Crippen molar-refractivity contribution >= 4 is 33.3 Å². The van der Waals surface area contributed by atoms with E-state index in [-0.39, 0.29) is 11.4 Å². The lowest BCUT2D eigenvalue weighted by molar-refractivity contribution is 0.0975. The van der Waals surface area contributed by atoms with Crippen LogP contribution in [0.3, 0.4) is 0 Å². The zero-order valence-corrected chi connectivity index (χ0v) is 19.8. The van der Waals surface area contributed by atoms with Gasteiger partial charge in [-0.25, -0.2) is 13.1 Å². The first-order valence-electron chi connectivity index (χ1n) is 10.2. The van der Waals surface area contributed by atoms with E-state index in [9.17, 15) is 13.2 Å². The summed E-state index contributed by atoms with van der Waals surface area (Å²) in [6.45, 7) is 9.54. The second kappa shape index (κ2) is 11.3. The van der Waals surface area contributed by atoms with Crippen LogP contribution < -0.4 is 14.4 Å². The van der Waals surface area contributed by atoms with Crippen LogP contribution in [0.2, 0.25) is 5.02 Å². The lowest BCUT2D eigenvalue weighted by atomic mass is 10.1. The monoisotopic (exact) mass is 468 g/mol. The van der Waals surface area contributed by atoms with E-state index < -0.39 is 15.9 Å². The highest BCUT2D eigenvalue weighted by atomic mass is 35.5. The number of anilines is 1. The molecular formula is C21H29ClN4O4S. The molecule has 1 heterocycles. The van der Waals surface area contributed by atoms with E-state index in [1.54, 1.807) is 19.1 Å². The van der Waals surface area contributed by atoms with Gasteiger partial charge in [-0.2, -0.15) is 0 Å². The maximum Gasteiger partial charge on any atom is 0.285 e. The molecule has 0 aliphatic heterocycles. The highest BCUT2D eigenvalue weighted by Gasteiger charge is 2.18. The number of hydrogen-bond donors (Lipinski definition) is 1. The number of nitrogens with one attached hydrogen (secondary N) is 1. The Morgan fingerprint density at radius 1 is 1.19 bits per heavy atom. The number of benzene rings is 1. The first kappa shape index (κ1) is 24.9. The van der Waals surface area contributed by atoms with E-state index in [0.717, 1.165) is 11.3 Å². The van der Waals surface area contributed by atoms with Gasteiger partial charge < -0.3 is 9.64 Å². The van der Waals surface area contributed by atoms with E-state index in [4.69, 9.17) is 16.3 Å². The average Bonchev–Trinajstić information content (AvgIpc) is 2.71. The van der Waals surface area contributed by atoms with Gasteiger partial charge >= 0.3 is 0 Å². The second-order valence-corrected chi connectivity index (χ2v) is 9.78. The van der Waals surface area contributed by atoms with Crippen molar-refractivity contribution in [1.82, 2.24) is 14.9 Å². The van der Waals surface area contributed by atoms with Crippen molar-refractivity contribution in [2.75, 3.05) is 23.8 Å². The number of carbonyl (C=O) groups is 1. The van der Waals surface area contributed by atoms with Crippen molar-refractivity contribution in [1.29, 1.82) is 0 Å². The Balaban J connectivity index is 2.17. The van der Waals surface area contributed by atoms with Crippen LogP contribution in [0.25, 0.3) is 0 Å². The number of hydrogen-bond acceptors (Lipinski definition) is 7. The number of ether oxygens (including phenoxy) is 1. The van der Waals surface area contributed by atoms with E-state index in [1.807, 2.05) is 28.7 Å². The number of sulfonamides is 1. The zero-order chi connectivity index (χ0) is 23.0. The van der Waals surface area contributed by atoms with Crippen LogP contribution >= 0.6 is 11.6 Å². The Bertz CT molecular complexity index is 981. The molecule has 1 aromatic heterocycles. The quantitative estimate of drug-likeness (QED) is 0.536. The van der Waals surface area contributed by atoms with Crippen molar-refractivity contribution in [3.05, 3.63) is 46.6 Å².